The molecule has 2 heterocycles. The number of aromatic nitrogens is 3. The van der Waals surface area contributed by atoms with Gasteiger partial charge in [-0.05, 0) is 17.7 Å². The number of rotatable bonds is 4. The first-order valence-electron chi connectivity index (χ1n) is 6.67. The van der Waals surface area contributed by atoms with Crippen LogP contribution in [-0.2, 0) is 0 Å². The predicted molar refractivity (Wildman–Crippen MR) is 85.7 cm³/mol. The van der Waals surface area contributed by atoms with E-state index in [0.29, 0.717) is 5.69 Å². The Hall–Kier alpha value is -3.28. The molecule has 108 valence electrons. The molecular formula is C16H13N5O. The fraction of sp³-hybridized carbons (Fsp3) is 0. The number of nitrogens with one attached hydrogen (secondary N) is 2. The zero-order chi connectivity index (χ0) is 15.2. The normalized spacial score (nSPS) is 10.7. The van der Waals surface area contributed by atoms with Crippen LogP contribution in [0, 0.1) is 0 Å². The number of anilines is 1. The summed E-state index contributed by atoms with van der Waals surface area (Å²) < 4.78 is 0. The maximum Gasteiger partial charge on any atom is 0.252 e. The van der Waals surface area contributed by atoms with Crippen LogP contribution in [0.15, 0.2) is 70.8 Å². The largest absolute Gasteiger partial charge is 0.291 e. The minimum absolute atomic E-state index is 0.240. The lowest BCUT2D eigenvalue weighted by Gasteiger charge is -2.03. The highest BCUT2D eigenvalue weighted by Gasteiger charge is 2.02. The Morgan fingerprint density at radius 3 is 2.64 bits per heavy atom. The van der Waals surface area contributed by atoms with Gasteiger partial charge in [-0.25, -0.2) is 10.4 Å². The lowest BCUT2D eigenvalue weighted by Crippen LogP contribution is -2.10. The van der Waals surface area contributed by atoms with Crippen LogP contribution in [0.4, 0.5) is 5.95 Å². The maximum absolute atomic E-state index is 11.7. The van der Waals surface area contributed by atoms with E-state index in [2.05, 4.69) is 25.5 Å². The molecule has 3 aromatic rings. The molecule has 0 spiro atoms. The molecule has 6 heteroatoms. The fourth-order valence-electron chi connectivity index (χ4n) is 1.88. The van der Waals surface area contributed by atoms with Gasteiger partial charge in [0.2, 0.25) is 5.95 Å². The topological polar surface area (TPSA) is 83.0 Å². The molecule has 0 amide bonds. The van der Waals surface area contributed by atoms with Crippen LogP contribution in [0.2, 0.25) is 0 Å². The van der Waals surface area contributed by atoms with Gasteiger partial charge >= 0.3 is 0 Å². The van der Waals surface area contributed by atoms with Gasteiger partial charge in [-0.3, -0.25) is 14.8 Å². The van der Waals surface area contributed by atoms with Crippen LogP contribution in [0.1, 0.15) is 5.56 Å². The van der Waals surface area contributed by atoms with Crippen LogP contribution < -0.4 is 11.0 Å². The molecule has 0 saturated heterocycles. The van der Waals surface area contributed by atoms with E-state index in [9.17, 15) is 4.79 Å². The second kappa shape index (κ2) is 6.45. The molecule has 0 aliphatic carbocycles. The van der Waals surface area contributed by atoms with Crippen molar-refractivity contribution in [3.63, 3.8) is 0 Å². The van der Waals surface area contributed by atoms with Gasteiger partial charge in [0.25, 0.3) is 5.56 Å². The molecule has 22 heavy (non-hydrogen) atoms. The van der Waals surface area contributed by atoms with Crippen LogP contribution in [0.25, 0.3) is 11.3 Å². The number of hydrazone groups is 1. The van der Waals surface area contributed by atoms with E-state index in [1.807, 2.05) is 42.5 Å². The van der Waals surface area contributed by atoms with Crippen molar-refractivity contribution in [3.8, 4) is 11.3 Å². The lowest BCUT2D eigenvalue weighted by molar-refractivity contribution is 1.09. The average molecular weight is 291 g/mol. The van der Waals surface area contributed by atoms with Crippen molar-refractivity contribution in [1.29, 1.82) is 0 Å². The van der Waals surface area contributed by atoms with E-state index >= 15 is 0 Å². The Morgan fingerprint density at radius 1 is 1.09 bits per heavy atom. The van der Waals surface area contributed by atoms with Crippen LogP contribution >= 0.6 is 0 Å². The van der Waals surface area contributed by atoms with Gasteiger partial charge < -0.3 is 0 Å². The molecule has 3 rings (SSSR count). The summed E-state index contributed by atoms with van der Waals surface area (Å²) in [4.78, 5) is 22.6. The summed E-state index contributed by atoms with van der Waals surface area (Å²) in [5.74, 6) is 0.289. The number of hydrogen-bond donors (Lipinski definition) is 2. The van der Waals surface area contributed by atoms with Crippen molar-refractivity contribution in [1.82, 2.24) is 15.0 Å². The van der Waals surface area contributed by atoms with Crippen molar-refractivity contribution in [2.75, 3.05) is 5.43 Å². The van der Waals surface area contributed by atoms with Crippen molar-refractivity contribution in [2.24, 2.45) is 5.10 Å². The molecule has 1 aromatic carbocycles. The van der Waals surface area contributed by atoms with E-state index in [4.69, 9.17) is 0 Å². The van der Waals surface area contributed by atoms with Gasteiger partial charge in [0.1, 0.15) is 0 Å². The molecule has 0 aliphatic rings. The number of H-pyrrole nitrogens is 1. The summed E-state index contributed by atoms with van der Waals surface area (Å²) >= 11 is 0. The van der Waals surface area contributed by atoms with E-state index in [1.165, 1.54) is 6.07 Å². The van der Waals surface area contributed by atoms with Gasteiger partial charge in [0.05, 0.1) is 11.9 Å². The first-order chi connectivity index (χ1) is 10.8. The van der Waals surface area contributed by atoms with Crippen molar-refractivity contribution >= 4 is 12.2 Å². The van der Waals surface area contributed by atoms with Crippen molar-refractivity contribution < 1.29 is 0 Å². The number of aromatic amines is 1. The standard InChI is InChI=1S/C16H13N5O/c22-15-10-14(13-4-2-1-3-5-13)19-16(20-15)21-18-11-12-6-8-17-9-7-12/h1-11H,(H2,19,20,21,22)/b18-11+. The van der Waals surface area contributed by atoms with E-state index < -0.39 is 0 Å². The zero-order valence-electron chi connectivity index (χ0n) is 11.6. The molecule has 2 aromatic heterocycles. The summed E-state index contributed by atoms with van der Waals surface area (Å²) in [5, 5.41) is 4.05. The maximum atomic E-state index is 11.7. The number of nitrogens with zero attached hydrogens (tertiary/aromatic N) is 3. The third kappa shape index (κ3) is 3.43. The highest BCUT2D eigenvalue weighted by molar-refractivity contribution is 5.79. The van der Waals surface area contributed by atoms with Crippen molar-refractivity contribution in [2.45, 2.75) is 0 Å². The summed E-state index contributed by atoms with van der Waals surface area (Å²) in [6.45, 7) is 0. The monoisotopic (exact) mass is 291 g/mol. The second-order valence-electron chi connectivity index (χ2n) is 4.50. The van der Waals surface area contributed by atoms with E-state index in [1.54, 1.807) is 18.6 Å². The lowest BCUT2D eigenvalue weighted by atomic mass is 10.1. The molecule has 0 bridgehead atoms. The van der Waals surface area contributed by atoms with Gasteiger partial charge in [-0.1, -0.05) is 30.3 Å². The number of hydrogen-bond acceptors (Lipinski definition) is 5. The van der Waals surface area contributed by atoms with E-state index in [0.717, 1.165) is 11.1 Å². The Bertz CT molecular complexity index is 828. The quantitative estimate of drug-likeness (QED) is 0.570. The molecule has 0 saturated carbocycles. The second-order valence-corrected chi connectivity index (χ2v) is 4.50. The van der Waals surface area contributed by atoms with Gasteiger partial charge in [0, 0.05) is 24.0 Å². The Kier molecular flexibility index (Phi) is 4.01. The van der Waals surface area contributed by atoms with Gasteiger partial charge in [-0.15, -0.1) is 0 Å². The minimum atomic E-state index is -0.240. The Labute approximate surface area is 126 Å². The predicted octanol–water partition coefficient (Wildman–Crippen LogP) is 2.28. The molecule has 0 radical (unpaired) electrons. The van der Waals surface area contributed by atoms with Crippen LogP contribution in [0.3, 0.4) is 0 Å². The van der Waals surface area contributed by atoms with Crippen LogP contribution in [0.5, 0.6) is 0 Å². The summed E-state index contributed by atoms with van der Waals surface area (Å²) in [5.41, 5.74) is 4.84. The molecule has 0 fully saturated rings. The fourth-order valence-corrected chi connectivity index (χ4v) is 1.88. The molecule has 2 N–H and O–H groups in total. The summed E-state index contributed by atoms with van der Waals surface area (Å²) in [6, 6.07) is 14.6. The van der Waals surface area contributed by atoms with E-state index in [-0.39, 0.29) is 11.5 Å². The number of pyridine rings is 1. The SMILES string of the molecule is O=c1cc(-c2ccccc2)nc(N/N=C/c2ccncc2)[nH]1. The smallest absolute Gasteiger partial charge is 0.252 e. The minimum Gasteiger partial charge on any atom is -0.291 e. The Morgan fingerprint density at radius 2 is 1.86 bits per heavy atom. The third-order valence-electron chi connectivity index (χ3n) is 2.90. The molecule has 0 unspecified atom stereocenters. The zero-order valence-corrected chi connectivity index (χ0v) is 11.6. The molecule has 6 nitrogen and oxygen atoms in total. The van der Waals surface area contributed by atoms with Crippen LogP contribution in [-0.4, -0.2) is 21.2 Å². The van der Waals surface area contributed by atoms with Crippen molar-refractivity contribution in [3.05, 3.63) is 76.8 Å². The first kappa shape index (κ1) is 13.7. The highest BCUT2D eigenvalue weighted by atomic mass is 16.1. The summed E-state index contributed by atoms with van der Waals surface area (Å²) in [6.07, 6.45) is 4.98. The average Bonchev–Trinajstić information content (AvgIpc) is 2.56. The highest BCUT2D eigenvalue weighted by Crippen LogP contribution is 2.15. The molecule has 0 aliphatic heterocycles. The summed E-state index contributed by atoms with van der Waals surface area (Å²) in [7, 11) is 0. The molecular weight excluding hydrogens is 278 g/mol. The third-order valence-corrected chi connectivity index (χ3v) is 2.90. The number of benzene rings is 1. The van der Waals surface area contributed by atoms with Gasteiger partial charge in [0.15, 0.2) is 0 Å². The Balaban J connectivity index is 1.81. The first-order valence-corrected chi connectivity index (χ1v) is 6.67. The molecule has 0 atom stereocenters. The van der Waals surface area contributed by atoms with Gasteiger partial charge in [-0.2, -0.15) is 5.10 Å².